The number of ether oxygens (including phenoxy) is 1. The lowest BCUT2D eigenvalue weighted by atomic mass is 10.0. The van der Waals surface area contributed by atoms with Crippen LogP contribution in [0.25, 0.3) is 11.1 Å². The molecule has 21 heavy (non-hydrogen) atoms. The van der Waals surface area contributed by atoms with Crippen LogP contribution < -0.4 is 0 Å². The summed E-state index contributed by atoms with van der Waals surface area (Å²) >= 11 is 0. The van der Waals surface area contributed by atoms with Gasteiger partial charge in [-0.3, -0.25) is 10.1 Å². The summed E-state index contributed by atoms with van der Waals surface area (Å²) in [6.45, 7) is 0. The standard InChI is InChI=1S/C14H9F2NO4/c1-21-14(18)9-4-2-8(3-5-9)10-6-7-11(15)13(12(10)16)17(19)20/h2-7H,1H3. The number of nitro benzene ring substituents is 1. The Morgan fingerprint density at radius 3 is 2.29 bits per heavy atom. The normalized spacial score (nSPS) is 10.2. The maximum Gasteiger partial charge on any atom is 0.340 e. The molecular formula is C14H9F2NO4. The first-order chi connectivity index (χ1) is 9.95. The van der Waals surface area contributed by atoms with E-state index in [1.807, 2.05) is 0 Å². The fourth-order valence-electron chi connectivity index (χ4n) is 1.84. The predicted octanol–water partition coefficient (Wildman–Crippen LogP) is 3.33. The molecule has 2 aromatic rings. The number of carbonyl (C=O) groups excluding carboxylic acids is 1. The summed E-state index contributed by atoms with van der Waals surface area (Å²) in [5, 5.41) is 10.7. The minimum absolute atomic E-state index is 0.125. The van der Waals surface area contributed by atoms with Crippen molar-refractivity contribution in [3.8, 4) is 11.1 Å². The molecule has 0 spiro atoms. The fourth-order valence-corrected chi connectivity index (χ4v) is 1.84. The molecule has 0 saturated carbocycles. The van der Waals surface area contributed by atoms with Crippen molar-refractivity contribution in [2.75, 3.05) is 7.11 Å². The van der Waals surface area contributed by atoms with Crippen molar-refractivity contribution in [1.82, 2.24) is 0 Å². The molecule has 0 radical (unpaired) electrons. The van der Waals surface area contributed by atoms with Gasteiger partial charge in [0.2, 0.25) is 11.6 Å². The molecule has 0 saturated heterocycles. The largest absolute Gasteiger partial charge is 0.465 e. The Bertz CT molecular complexity index is 714. The lowest BCUT2D eigenvalue weighted by molar-refractivity contribution is -0.390. The van der Waals surface area contributed by atoms with Gasteiger partial charge in [-0.2, -0.15) is 8.78 Å². The van der Waals surface area contributed by atoms with E-state index >= 15 is 0 Å². The average molecular weight is 293 g/mol. The summed E-state index contributed by atoms with van der Waals surface area (Å²) < 4.78 is 31.8. The SMILES string of the molecule is COC(=O)c1ccc(-c2ccc(F)c([N+](=O)[O-])c2F)cc1. The molecule has 7 heteroatoms. The summed E-state index contributed by atoms with van der Waals surface area (Å²) in [5.74, 6) is -3.06. The molecule has 0 aliphatic heterocycles. The van der Waals surface area contributed by atoms with Crippen LogP contribution in [0.1, 0.15) is 10.4 Å². The molecule has 5 nitrogen and oxygen atoms in total. The molecule has 0 aliphatic rings. The van der Waals surface area contributed by atoms with Gasteiger partial charge in [-0.1, -0.05) is 12.1 Å². The van der Waals surface area contributed by atoms with Crippen LogP contribution in [-0.4, -0.2) is 18.0 Å². The van der Waals surface area contributed by atoms with Gasteiger partial charge >= 0.3 is 11.7 Å². The number of hydrogen-bond donors (Lipinski definition) is 0. The Labute approximate surface area is 117 Å². The molecular weight excluding hydrogens is 284 g/mol. The van der Waals surface area contributed by atoms with Gasteiger partial charge < -0.3 is 4.74 Å². The maximum absolute atomic E-state index is 14.0. The molecule has 0 bridgehead atoms. The van der Waals surface area contributed by atoms with Gasteiger partial charge in [-0.25, -0.2) is 4.79 Å². The third-order valence-electron chi connectivity index (χ3n) is 2.87. The van der Waals surface area contributed by atoms with Crippen LogP contribution in [0.4, 0.5) is 14.5 Å². The van der Waals surface area contributed by atoms with Crippen LogP contribution in [0, 0.1) is 21.7 Å². The number of rotatable bonds is 3. The van der Waals surface area contributed by atoms with E-state index in [9.17, 15) is 23.7 Å². The molecule has 0 heterocycles. The Morgan fingerprint density at radius 1 is 1.14 bits per heavy atom. The van der Waals surface area contributed by atoms with E-state index in [2.05, 4.69) is 4.74 Å². The van der Waals surface area contributed by atoms with E-state index in [0.29, 0.717) is 0 Å². The first kappa shape index (κ1) is 14.6. The molecule has 108 valence electrons. The molecule has 0 unspecified atom stereocenters. The number of carbonyl (C=O) groups is 1. The van der Waals surface area contributed by atoms with E-state index in [4.69, 9.17) is 0 Å². The zero-order valence-corrected chi connectivity index (χ0v) is 10.8. The molecule has 0 N–H and O–H groups in total. The second-order valence-corrected chi connectivity index (χ2v) is 4.08. The van der Waals surface area contributed by atoms with Crippen molar-refractivity contribution >= 4 is 11.7 Å². The van der Waals surface area contributed by atoms with Gasteiger partial charge in [-0.15, -0.1) is 0 Å². The lowest BCUT2D eigenvalue weighted by Gasteiger charge is -2.06. The van der Waals surface area contributed by atoms with Crippen LogP contribution in [-0.2, 0) is 4.74 Å². The van der Waals surface area contributed by atoms with Crippen molar-refractivity contribution in [2.24, 2.45) is 0 Å². The van der Waals surface area contributed by atoms with Gasteiger partial charge in [0.25, 0.3) is 0 Å². The van der Waals surface area contributed by atoms with Gasteiger partial charge in [-0.05, 0) is 29.8 Å². The summed E-state index contributed by atoms with van der Waals surface area (Å²) in [7, 11) is 1.22. The van der Waals surface area contributed by atoms with E-state index in [-0.39, 0.29) is 16.7 Å². The van der Waals surface area contributed by atoms with Crippen LogP contribution in [0.5, 0.6) is 0 Å². The highest BCUT2D eigenvalue weighted by molar-refractivity contribution is 5.90. The number of methoxy groups -OCH3 is 1. The number of hydrogen-bond acceptors (Lipinski definition) is 4. The van der Waals surface area contributed by atoms with E-state index in [1.165, 1.54) is 31.4 Å². The highest BCUT2D eigenvalue weighted by Gasteiger charge is 2.24. The Hall–Kier alpha value is -2.83. The third-order valence-corrected chi connectivity index (χ3v) is 2.87. The zero-order chi connectivity index (χ0) is 15.6. The summed E-state index contributed by atoms with van der Waals surface area (Å²) in [6, 6.07) is 7.49. The Balaban J connectivity index is 2.50. The van der Waals surface area contributed by atoms with Crippen LogP contribution >= 0.6 is 0 Å². The van der Waals surface area contributed by atoms with Crippen LogP contribution in [0.3, 0.4) is 0 Å². The molecule has 0 aromatic heterocycles. The number of nitro groups is 1. The molecule has 0 fully saturated rings. The number of nitrogens with zero attached hydrogens (tertiary/aromatic N) is 1. The molecule has 0 atom stereocenters. The number of halogens is 2. The quantitative estimate of drug-likeness (QED) is 0.494. The molecule has 2 aromatic carbocycles. The molecule has 2 rings (SSSR count). The van der Waals surface area contributed by atoms with Gasteiger partial charge in [0.05, 0.1) is 17.6 Å². The predicted molar refractivity (Wildman–Crippen MR) is 69.8 cm³/mol. The van der Waals surface area contributed by atoms with Crippen molar-refractivity contribution in [1.29, 1.82) is 0 Å². The fraction of sp³-hybridized carbons (Fsp3) is 0.0714. The topological polar surface area (TPSA) is 69.4 Å². The highest BCUT2D eigenvalue weighted by Crippen LogP contribution is 2.31. The van der Waals surface area contributed by atoms with E-state index in [0.717, 1.165) is 12.1 Å². The minimum Gasteiger partial charge on any atom is -0.465 e. The average Bonchev–Trinajstić information content (AvgIpc) is 2.46. The monoisotopic (exact) mass is 293 g/mol. The minimum atomic E-state index is -1.26. The molecule has 0 aliphatic carbocycles. The summed E-state index contributed by atoms with van der Waals surface area (Å²) in [5.41, 5.74) is -0.800. The van der Waals surface area contributed by atoms with Gasteiger partial charge in [0.15, 0.2) is 0 Å². The van der Waals surface area contributed by atoms with Crippen LogP contribution in [0.2, 0.25) is 0 Å². The third kappa shape index (κ3) is 2.71. The second-order valence-electron chi connectivity index (χ2n) is 4.08. The number of benzene rings is 2. The summed E-state index contributed by atoms with van der Waals surface area (Å²) in [6.07, 6.45) is 0. The van der Waals surface area contributed by atoms with Crippen molar-refractivity contribution in [3.63, 3.8) is 0 Å². The maximum atomic E-state index is 14.0. The van der Waals surface area contributed by atoms with Crippen LogP contribution in [0.15, 0.2) is 36.4 Å². The van der Waals surface area contributed by atoms with Gasteiger partial charge in [0, 0.05) is 5.56 Å². The second kappa shape index (κ2) is 5.66. The lowest BCUT2D eigenvalue weighted by Crippen LogP contribution is -2.01. The first-order valence-corrected chi connectivity index (χ1v) is 5.77. The van der Waals surface area contributed by atoms with E-state index in [1.54, 1.807) is 0 Å². The smallest absolute Gasteiger partial charge is 0.340 e. The summed E-state index contributed by atoms with van der Waals surface area (Å²) in [4.78, 5) is 20.8. The number of esters is 1. The highest BCUT2D eigenvalue weighted by atomic mass is 19.1. The Morgan fingerprint density at radius 2 is 1.76 bits per heavy atom. The van der Waals surface area contributed by atoms with E-state index < -0.39 is 28.2 Å². The zero-order valence-electron chi connectivity index (χ0n) is 10.8. The van der Waals surface area contributed by atoms with Crippen molar-refractivity contribution < 1.29 is 23.2 Å². The Kier molecular flexibility index (Phi) is 3.93. The molecule has 0 amide bonds. The van der Waals surface area contributed by atoms with Crippen molar-refractivity contribution in [3.05, 3.63) is 63.7 Å². The van der Waals surface area contributed by atoms with Crippen molar-refractivity contribution in [2.45, 2.75) is 0 Å². The first-order valence-electron chi connectivity index (χ1n) is 5.77. The van der Waals surface area contributed by atoms with Gasteiger partial charge in [0.1, 0.15) is 0 Å².